The lowest BCUT2D eigenvalue weighted by Crippen LogP contribution is -2.24. The number of likely N-dealkylation sites (N-methyl/N-ethyl adjacent to an activating group) is 1. The maximum atomic E-state index is 9.11. The molecule has 1 fully saturated rings. The number of benzene rings is 1. The van der Waals surface area contributed by atoms with Gasteiger partial charge in [0.15, 0.2) is 0 Å². The smallest absolute Gasteiger partial charge is 0.224 e. The Balaban J connectivity index is 1.51. The molecule has 2 aromatic heterocycles. The van der Waals surface area contributed by atoms with Crippen molar-refractivity contribution in [3.63, 3.8) is 0 Å². The highest BCUT2D eigenvalue weighted by molar-refractivity contribution is 5.79. The van der Waals surface area contributed by atoms with Crippen LogP contribution >= 0.6 is 0 Å². The summed E-state index contributed by atoms with van der Waals surface area (Å²) in [6, 6.07) is 12.6. The maximum Gasteiger partial charge on any atom is 0.224 e. The van der Waals surface area contributed by atoms with Crippen LogP contribution in [0.15, 0.2) is 42.6 Å². The van der Waals surface area contributed by atoms with Crippen molar-refractivity contribution in [1.82, 2.24) is 14.5 Å². The Kier molecular flexibility index (Phi) is 5.73. The molecule has 1 atom stereocenters. The summed E-state index contributed by atoms with van der Waals surface area (Å²) in [4.78, 5) is 11.4. The number of ether oxygens (including phenoxy) is 1. The van der Waals surface area contributed by atoms with Crippen molar-refractivity contribution in [1.29, 1.82) is 0 Å². The van der Waals surface area contributed by atoms with E-state index in [0.29, 0.717) is 25.0 Å². The van der Waals surface area contributed by atoms with Gasteiger partial charge in [-0.1, -0.05) is 18.2 Å². The number of fused-ring (bicyclic) bond motifs is 1. The molecule has 148 valence electrons. The predicted octanol–water partition coefficient (Wildman–Crippen LogP) is 2.48. The van der Waals surface area contributed by atoms with Crippen molar-refractivity contribution in [3.8, 4) is 0 Å². The van der Waals surface area contributed by atoms with Crippen LogP contribution in [0.25, 0.3) is 10.9 Å². The molecule has 1 saturated heterocycles. The topological polar surface area (TPSA) is 75.4 Å². The number of para-hydroxylation sites is 1. The van der Waals surface area contributed by atoms with Crippen LogP contribution in [0.2, 0.25) is 0 Å². The third-order valence-corrected chi connectivity index (χ3v) is 5.22. The Hall–Kier alpha value is -2.64. The third kappa shape index (κ3) is 4.10. The summed E-state index contributed by atoms with van der Waals surface area (Å²) >= 11 is 0. The summed E-state index contributed by atoms with van der Waals surface area (Å²) in [5.74, 6) is 1.75. The minimum Gasteiger partial charge on any atom is -0.395 e. The molecule has 4 rings (SSSR count). The summed E-state index contributed by atoms with van der Waals surface area (Å²) in [6.07, 6.45) is 3.11. The normalized spacial score (nSPS) is 16.6. The molecule has 1 aromatic carbocycles. The van der Waals surface area contributed by atoms with Gasteiger partial charge in [-0.3, -0.25) is 0 Å². The zero-order chi connectivity index (χ0) is 19.3. The molecular formula is C21H27N5O2. The number of aliphatic hydroxyl groups excluding tert-OH is 1. The van der Waals surface area contributed by atoms with E-state index in [1.54, 1.807) is 0 Å². The van der Waals surface area contributed by atoms with Crippen molar-refractivity contribution < 1.29 is 9.84 Å². The van der Waals surface area contributed by atoms with E-state index in [1.165, 1.54) is 10.9 Å². The number of aromatic nitrogens is 3. The van der Waals surface area contributed by atoms with E-state index in [-0.39, 0.29) is 6.61 Å². The van der Waals surface area contributed by atoms with Gasteiger partial charge in [-0.2, -0.15) is 4.98 Å². The van der Waals surface area contributed by atoms with Gasteiger partial charge in [0.1, 0.15) is 5.82 Å². The van der Waals surface area contributed by atoms with Crippen molar-refractivity contribution in [2.24, 2.45) is 0 Å². The highest BCUT2D eigenvalue weighted by atomic mass is 16.5. The van der Waals surface area contributed by atoms with Crippen LogP contribution < -0.4 is 10.2 Å². The van der Waals surface area contributed by atoms with Gasteiger partial charge in [-0.05, 0) is 23.9 Å². The first kappa shape index (κ1) is 18.7. The van der Waals surface area contributed by atoms with Crippen molar-refractivity contribution in [2.75, 3.05) is 50.2 Å². The van der Waals surface area contributed by atoms with Crippen LogP contribution in [0.5, 0.6) is 0 Å². The molecular weight excluding hydrogens is 354 g/mol. The molecule has 28 heavy (non-hydrogen) atoms. The van der Waals surface area contributed by atoms with Crippen LogP contribution in [0.3, 0.4) is 0 Å². The largest absolute Gasteiger partial charge is 0.395 e. The second-order valence-electron chi connectivity index (χ2n) is 7.18. The minimum atomic E-state index is 0.0476. The third-order valence-electron chi connectivity index (χ3n) is 5.22. The minimum absolute atomic E-state index is 0.0476. The highest BCUT2D eigenvalue weighted by Gasteiger charge is 2.21. The molecule has 7 nitrogen and oxygen atoms in total. The molecule has 7 heteroatoms. The van der Waals surface area contributed by atoms with Crippen LogP contribution in [-0.2, 0) is 11.3 Å². The number of anilines is 2. The number of rotatable bonds is 8. The Bertz CT molecular complexity index is 920. The van der Waals surface area contributed by atoms with E-state index in [2.05, 4.69) is 74.4 Å². The summed E-state index contributed by atoms with van der Waals surface area (Å²) in [7, 11) is 2.05. The molecule has 1 aliphatic rings. The average molecular weight is 381 g/mol. The molecule has 0 spiro atoms. The van der Waals surface area contributed by atoms with E-state index in [0.717, 1.165) is 37.6 Å². The maximum absolute atomic E-state index is 9.11. The first-order valence-corrected chi connectivity index (χ1v) is 9.81. The Labute approximate surface area is 165 Å². The Morgan fingerprint density at radius 1 is 1.29 bits per heavy atom. The monoisotopic (exact) mass is 381 g/mol. The van der Waals surface area contributed by atoms with Crippen molar-refractivity contribution in [2.45, 2.75) is 18.9 Å². The fraction of sp³-hybridized carbons (Fsp3) is 0.429. The van der Waals surface area contributed by atoms with Gasteiger partial charge in [0, 0.05) is 57.0 Å². The molecule has 0 amide bonds. The second kappa shape index (κ2) is 8.58. The quantitative estimate of drug-likeness (QED) is 0.624. The molecule has 2 N–H and O–H groups in total. The SMILES string of the molecule is CN(CCn1ccc2ccccc21)c1cc(C2CCOC2)nc(NCCO)n1. The van der Waals surface area contributed by atoms with E-state index in [9.17, 15) is 0 Å². The van der Waals surface area contributed by atoms with E-state index in [1.807, 2.05) is 0 Å². The molecule has 3 aromatic rings. The molecule has 0 saturated carbocycles. The van der Waals surface area contributed by atoms with Crippen LogP contribution in [-0.4, -0.2) is 59.6 Å². The van der Waals surface area contributed by atoms with Gasteiger partial charge < -0.3 is 24.6 Å². The summed E-state index contributed by atoms with van der Waals surface area (Å²) in [5, 5.41) is 13.5. The predicted molar refractivity (Wildman–Crippen MR) is 111 cm³/mol. The van der Waals surface area contributed by atoms with Gasteiger partial charge in [0.05, 0.1) is 18.9 Å². The van der Waals surface area contributed by atoms with E-state index >= 15 is 0 Å². The first-order chi connectivity index (χ1) is 13.7. The van der Waals surface area contributed by atoms with Crippen molar-refractivity contribution >= 4 is 22.7 Å². The van der Waals surface area contributed by atoms with Crippen LogP contribution in [0.4, 0.5) is 11.8 Å². The van der Waals surface area contributed by atoms with Crippen LogP contribution in [0, 0.1) is 0 Å². The molecule has 1 unspecified atom stereocenters. The zero-order valence-electron chi connectivity index (χ0n) is 16.2. The van der Waals surface area contributed by atoms with Gasteiger partial charge in [-0.15, -0.1) is 0 Å². The van der Waals surface area contributed by atoms with Gasteiger partial charge in [0.2, 0.25) is 5.95 Å². The van der Waals surface area contributed by atoms with Gasteiger partial charge in [-0.25, -0.2) is 4.98 Å². The standard InChI is InChI=1S/C21H27N5O2/c1-25(10-11-26-9-6-16-4-2-3-5-19(16)26)20-14-18(17-7-13-28-15-17)23-21(24-20)22-8-12-27/h2-6,9,14,17,27H,7-8,10-13,15H2,1H3,(H,22,23,24). The number of aliphatic hydroxyl groups is 1. The fourth-order valence-corrected chi connectivity index (χ4v) is 3.58. The van der Waals surface area contributed by atoms with Gasteiger partial charge in [0.25, 0.3) is 0 Å². The van der Waals surface area contributed by atoms with Crippen LogP contribution in [0.1, 0.15) is 18.0 Å². The highest BCUT2D eigenvalue weighted by Crippen LogP contribution is 2.27. The van der Waals surface area contributed by atoms with E-state index < -0.39 is 0 Å². The number of hydrogen-bond acceptors (Lipinski definition) is 6. The van der Waals surface area contributed by atoms with E-state index in [4.69, 9.17) is 9.84 Å². The lowest BCUT2D eigenvalue weighted by Gasteiger charge is -2.21. The molecule has 0 radical (unpaired) electrons. The number of hydrogen-bond donors (Lipinski definition) is 2. The summed E-state index contributed by atoms with van der Waals surface area (Å²) in [5.41, 5.74) is 2.24. The molecule has 0 bridgehead atoms. The Morgan fingerprint density at radius 2 is 2.18 bits per heavy atom. The number of nitrogens with zero attached hydrogens (tertiary/aromatic N) is 4. The van der Waals surface area contributed by atoms with Gasteiger partial charge >= 0.3 is 0 Å². The summed E-state index contributed by atoms with van der Waals surface area (Å²) in [6.45, 7) is 3.66. The Morgan fingerprint density at radius 3 is 3.00 bits per heavy atom. The molecule has 1 aliphatic heterocycles. The zero-order valence-corrected chi connectivity index (χ0v) is 16.2. The van der Waals surface area contributed by atoms with Crippen molar-refractivity contribution in [3.05, 3.63) is 48.3 Å². The first-order valence-electron chi connectivity index (χ1n) is 9.81. The fourth-order valence-electron chi connectivity index (χ4n) is 3.58. The lowest BCUT2D eigenvalue weighted by atomic mass is 10.0. The molecule has 0 aliphatic carbocycles. The summed E-state index contributed by atoms with van der Waals surface area (Å²) < 4.78 is 7.80. The average Bonchev–Trinajstić information content (AvgIpc) is 3.40. The molecule has 3 heterocycles. The number of nitrogens with one attached hydrogen (secondary N) is 1. The second-order valence-corrected chi connectivity index (χ2v) is 7.18. The lowest BCUT2D eigenvalue weighted by molar-refractivity contribution is 0.193.